The predicted molar refractivity (Wildman–Crippen MR) is 100 cm³/mol. The van der Waals surface area contributed by atoms with Crippen molar-refractivity contribution >= 4 is 18.3 Å². The van der Waals surface area contributed by atoms with E-state index >= 15 is 0 Å². The molecule has 0 radical (unpaired) electrons. The lowest BCUT2D eigenvalue weighted by Crippen LogP contribution is -2.53. The Morgan fingerprint density at radius 3 is 2.64 bits per heavy atom. The third kappa shape index (κ3) is 4.36. The molecule has 0 spiro atoms. The van der Waals surface area contributed by atoms with Gasteiger partial charge in [0.25, 0.3) is 5.91 Å². The predicted octanol–water partition coefficient (Wildman–Crippen LogP) is 2.42. The third-order valence-corrected chi connectivity index (χ3v) is 4.49. The number of piperazine rings is 1. The molecule has 10 heteroatoms. The topological polar surface area (TPSA) is 67.2 Å². The lowest BCUT2D eigenvalue weighted by atomic mass is 10.1. The summed E-state index contributed by atoms with van der Waals surface area (Å²) < 4.78 is 40.2. The first kappa shape index (κ1) is 21.9. The van der Waals surface area contributed by atoms with Crippen molar-refractivity contribution in [1.82, 2.24) is 20.0 Å². The first-order chi connectivity index (χ1) is 12.7. The number of alkyl halides is 3. The Morgan fingerprint density at radius 2 is 2.00 bits per heavy atom. The summed E-state index contributed by atoms with van der Waals surface area (Å²) in [4.78, 5) is 26.7. The van der Waals surface area contributed by atoms with Crippen molar-refractivity contribution in [2.45, 2.75) is 26.1 Å². The molecule has 1 aliphatic rings. The van der Waals surface area contributed by atoms with Crippen LogP contribution in [0.15, 0.2) is 35.1 Å². The van der Waals surface area contributed by atoms with E-state index in [1.54, 1.807) is 11.8 Å². The Balaban J connectivity index is 0.00000280. The minimum absolute atomic E-state index is 0. The normalized spacial score (nSPS) is 17.2. The minimum Gasteiger partial charge on any atom is -0.332 e. The van der Waals surface area contributed by atoms with Crippen LogP contribution in [0.1, 0.15) is 28.7 Å². The molecule has 1 saturated heterocycles. The average molecular weight is 417 g/mol. The smallest absolute Gasteiger partial charge is 0.332 e. The van der Waals surface area contributed by atoms with Gasteiger partial charge in [0.05, 0.1) is 11.3 Å². The van der Waals surface area contributed by atoms with Crippen molar-refractivity contribution in [2.24, 2.45) is 0 Å². The Labute approximate surface area is 165 Å². The number of nitrogens with one attached hydrogen (secondary N) is 1. The highest BCUT2D eigenvalue weighted by Gasteiger charge is 2.31. The zero-order valence-electron chi connectivity index (χ0n) is 15.3. The monoisotopic (exact) mass is 416 g/mol. The van der Waals surface area contributed by atoms with Crippen LogP contribution in [-0.4, -0.2) is 46.3 Å². The van der Waals surface area contributed by atoms with Gasteiger partial charge < -0.3 is 10.2 Å². The number of benzene rings is 1. The van der Waals surface area contributed by atoms with E-state index in [1.165, 1.54) is 22.9 Å². The number of aromatic nitrogens is 2. The van der Waals surface area contributed by atoms with Crippen molar-refractivity contribution in [3.63, 3.8) is 0 Å². The van der Waals surface area contributed by atoms with E-state index in [0.717, 1.165) is 12.1 Å². The van der Waals surface area contributed by atoms with Crippen molar-refractivity contribution in [1.29, 1.82) is 0 Å². The Kier molecular flexibility index (Phi) is 6.51. The molecule has 1 aliphatic heterocycles. The molecule has 1 N–H and O–H groups in total. The van der Waals surface area contributed by atoms with Gasteiger partial charge in [-0.3, -0.25) is 9.59 Å². The SMILES string of the molecule is Cc1cc(=O)c(C(=O)N2CCNCC2C)nn1-c1cccc(C(F)(F)F)c1.Cl. The molecule has 1 unspecified atom stereocenters. The third-order valence-electron chi connectivity index (χ3n) is 4.49. The van der Waals surface area contributed by atoms with Crippen molar-refractivity contribution in [3.8, 4) is 5.69 Å². The summed E-state index contributed by atoms with van der Waals surface area (Å²) in [6, 6.07) is 5.70. The van der Waals surface area contributed by atoms with Crippen molar-refractivity contribution < 1.29 is 18.0 Å². The number of aryl methyl sites for hydroxylation is 1. The van der Waals surface area contributed by atoms with E-state index < -0.39 is 23.1 Å². The molecule has 1 atom stereocenters. The number of hydrogen-bond acceptors (Lipinski definition) is 4. The Hall–Kier alpha value is -2.39. The minimum atomic E-state index is -4.50. The number of carbonyl (C=O) groups is 1. The van der Waals surface area contributed by atoms with Crippen LogP contribution in [0.2, 0.25) is 0 Å². The van der Waals surface area contributed by atoms with Gasteiger partial charge in [-0.1, -0.05) is 6.07 Å². The second-order valence-corrected chi connectivity index (χ2v) is 6.51. The zero-order valence-corrected chi connectivity index (χ0v) is 16.1. The van der Waals surface area contributed by atoms with E-state index in [1.807, 2.05) is 6.92 Å². The van der Waals surface area contributed by atoms with Gasteiger partial charge in [-0.2, -0.15) is 18.3 Å². The van der Waals surface area contributed by atoms with Gasteiger partial charge in [0.15, 0.2) is 5.69 Å². The van der Waals surface area contributed by atoms with Gasteiger partial charge in [-0.25, -0.2) is 4.68 Å². The highest BCUT2D eigenvalue weighted by molar-refractivity contribution is 5.92. The number of halogens is 4. The van der Waals surface area contributed by atoms with E-state index in [9.17, 15) is 22.8 Å². The fourth-order valence-corrected chi connectivity index (χ4v) is 3.05. The standard InChI is InChI=1S/C18H19F3N4O2.ClH/c1-11-8-15(26)16(17(27)24-7-6-22-10-12(24)2)23-25(11)14-5-3-4-13(9-14)18(19,20)21;/h3-5,8-9,12,22H,6-7,10H2,1-2H3;1H. The summed E-state index contributed by atoms with van der Waals surface area (Å²) in [5.74, 6) is -0.519. The number of amides is 1. The molecule has 1 aromatic heterocycles. The number of carbonyl (C=O) groups excluding carboxylic acids is 1. The van der Waals surface area contributed by atoms with E-state index in [-0.39, 0.29) is 29.8 Å². The quantitative estimate of drug-likeness (QED) is 0.816. The van der Waals surface area contributed by atoms with Crippen LogP contribution in [0.4, 0.5) is 13.2 Å². The molecule has 0 aliphatic carbocycles. The van der Waals surface area contributed by atoms with Crippen LogP contribution < -0.4 is 10.7 Å². The number of hydrogen-bond donors (Lipinski definition) is 1. The van der Waals surface area contributed by atoms with Crippen molar-refractivity contribution in [3.05, 3.63) is 57.5 Å². The van der Waals surface area contributed by atoms with Crippen LogP contribution in [-0.2, 0) is 6.18 Å². The second-order valence-electron chi connectivity index (χ2n) is 6.51. The van der Waals surface area contributed by atoms with E-state index in [2.05, 4.69) is 10.4 Å². The molecular formula is C18H20ClF3N4O2. The zero-order chi connectivity index (χ0) is 19.8. The summed E-state index contributed by atoms with van der Waals surface area (Å²) >= 11 is 0. The molecule has 1 aromatic carbocycles. The van der Waals surface area contributed by atoms with Gasteiger partial charge in [0, 0.05) is 37.4 Å². The lowest BCUT2D eigenvalue weighted by molar-refractivity contribution is -0.137. The van der Waals surface area contributed by atoms with Crippen LogP contribution in [0.5, 0.6) is 0 Å². The molecule has 2 aromatic rings. The van der Waals surface area contributed by atoms with Gasteiger partial charge in [-0.15, -0.1) is 12.4 Å². The molecule has 3 rings (SSSR count). The highest BCUT2D eigenvalue weighted by Crippen LogP contribution is 2.30. The molecular weight excluding hydrogens is 397 g/mol. The number of nitrogens with zero attached hydrogens (tertiary/aromatic N) is 3. The second kappa shape index (κ2) is 8.32. The van der Waals surface area contributed by atoms with Crippen LogP contribution >= 0.6 is 12.4 Å². The lowest BCUT2D eigenvalue weighted by Gasteiger charge is -2.33. The average Bonchev–Trinajstić information content (AvgIpc) is 2.61. The van der Waals surface area contributed by atoms with E-state index in [0.29, 0.717) is 25.3 Å². The Morgan fingerprint density at radius 1 is 1.29 bits per heavy atom. The fourth-order valence-electron chi connectivity index (χ4n) is 3.05. The van der Waals surface area contributed by atoms with Crippen molar-refractivity contribution in [2.75, 3.05) is 19.6 Å². The molecule has 6 nitrogen and oxygen atoms in total. The summed E-state index contributed by atoms with van der Waals surface area (Å²) in [7, 11) is 0. The van der Waals surface area contributed by atoms with Gasteiger partial charge >= 0.3 is 6.18 Å². The maximum atomic E-state index is 13.0. The maximum absolute atomic E-state index is 13.0. The highest BCUT2D eigenvalue weighted by atomic mass is 35.5. The summed E-state index contributed by atoms with van der Waals surface area (Å²) in [5.41, 5.74) is -1.21. The van der Waals surface area contributed by atoms with Crippen LogP contribution in [0.3, 0.4) is 0 Å². The van der Waals surface area contributed by atoms with Gasteiger partial charge in [0.2, 0.25) is 5.43 Å². The fraction of sp³-hybridized carbons (Fsp3) is 0.389. The first-order valence-electron chi connectivity index (χ1n) is 8.49. The summed E-state index contributed by atoms with van der Waals surface area (Å²) in [5, 5.41) is 7.25. The molecule has 152 valence electrons. The molecule has 1 amide bonds. The molecule has 0 bridgehead atoms. The Bertz CT molecular complexity index is 930. The van der Waals surface area contributed by atoms with Gasteiger partial charge in [-0.05, 0) is 32.0 Å². The summed E-state index contributed by atoms with van der Waals surface area (Å²) in [6.07, 6.45) is -4.50. The van der Waals surface area contributed by atoms with Gasteiger partial charge in [0.1, 0.15) is 0 Å². The molecule has 28 heavy (non-hydrogen) atoms. The van der Waals surface area contributed by atoms with Crippen LogP contribution in [0.25, 0.3) is 5.69 Å². The first-order valence-corrected chi connectivity index (χ1v) is 8.49. The molecule has 1 fully saturated rings. The van der Waals surface area contributed by atoms with Crippen LogP contribution in [0, 0.1) is 6.92 Å². The molecule has 0 saturated carbocycles. The molecule has 2 heterocycles. The maximum Gasteiger partial charge on any atom is 0.416 e. The number of rotatable bonds is 2. The largest absolute Gasteiger partial charge is 0.416 e. The van der Waals surface area contributed by atoms with E-state index in [4.69, 9.17) is 0 Å². The summed E-state index contributed by atoms with van der Waals surface area (Å²) in [6.45, 7) is 5.03.